The lowest BCUT2D eigenvalue weighted by Gasteiger charge is -2.26. The number of hydrogen-bond acceptors (Lipinski definition) is 2. The molecule has 0 bridgehead atoms. The Morgan fingerprint density at radius 2 is 2.12 bits per heavy atom. The Bertz CT molecular complexity index is 540. The summed E-state index contributed by atoms with van der Waals surface area (Å²) in [7, 11) is 0. The van der Waals surface area contributed by atoms with Crippen LogP contribution < -0.4 is 5.73 Å². The van der Waals surface area contributed by atoms with Gasteiger partial charge in [-0.15, -0.1) is 0 Å². The molecular formula is C13H12BrFN2. The van der Waals surface area contributed by atoms with E-state index in [1.54, 1.807) is 19.2 Å². The van der Waals surface area contributed by atoms with E-state index in [9.17, 15) is 4.39 Å². The van der Waals surface area contributed by atoms with Crippen molar-refractivity contribution in [3.63, 3.8) is 0 Å². The zero-order valence-corrected chi connectivity index (χ0v) is 10.9. The zero-order chi connectivity index (χ0) is 12.5. The molecule has 4 heteroatoms. The van der Waals surface area contributed by atoms with Crippen LogP contribution in [0, 0.1) is 5.82 Å². The predicted molar refractivity (Wildman–Crippen MR) is 69.0 cm³/mol. The highest BCUT2D eigenvalue weighted by atomic mass is 79.9. The van der Waals surface area contributed by atoms with Crippen LogP contribution in [0.15, 0.2) is 47.2 Å². The van der Waals surface area contributed by atoms with E-state index in [4.69, 9.17) is 5.73 Å². The van der Waals surface area contributed by atoms with Crippen molar-refractivity contribution >= 4 is 15.9 Å². The van der Waals surface area contributed by atoms with Crippen LogP contribution in [0.3, 0.4) is 0 Å². The third kappa shape index (κ3) is 2.37. The largest absolute Gasteiger partial charge is 0.318 e. The number of nitrogens with zero attached hydrogens (tertiary/aromatic N) is 1. The fraction of sp³-hybridized carbons (Fsp3) is 0.154. The quantitative estimate of drug-likeness (QED) is 0.924. The van der Waals surface area contributed by atoms with E-state index >= 15 is 0 Å². The first kappa shape index (κ1) is 12.2. The van der Waals surface area contributed by atoms with Gasteiger partial charge in [0, 0.05) is 16.2 Å². The van der Waals surface area contributed by atoms with Gasteiger partial charge in [0.2, 0.25) is 0 Å². The van der Waals surface area contributed by atoms with E-state index in [-0.39, 0.29) is 0 Å². The highest BCUT2D eigenvalue weighted by Gasteiger charge is 2.26. The number of halogens is 2. The lowest BCUT2D eigenvalue weighted by Crippen LogP contribution is -2.35. The molecular weight excluding hydrogens is 283 g/mol. The first-order valence-corrected chi connectivity index (χ1v) is 5.96. The molecule has 0 spiro atoms. The molecule has 88 valence electrons. The van der Waals surface area contributed by atoms with Crippen LogP contribution >= 0.6 is 15.9 Å². The highest BCUT2D eigenvalue weighted by molar-refractivity contribution is 9.10. The second kappa shape index (κ2) is 4.55. The minimum Gasteiger partial charge on any atom is -0.318 e. The Kier molecular flexibility index (Phi) is 3.26. The van der Waals surface area contributed by atoms with Crippen molar-refractivity contribution in [3.8, 4) is 0 Å². The summed E-state index contributed by atoms with van der Waals surface area (Å²) in [5, 5.41) is 0. The molecule has 1 aromatic carbocycles. The molecule has 1 unspecified atom stereocenters. The second-order valence-corrected chi connectivity index (χ2v) is 4.98. The van der Waals surface area contributed by atoms with Gasteiger partial charge in [-0.3, -0.25) is 4.98 Å². The molecule has 0 radical (unpaired) electrons. The standard InChI is InChI=1S/C13H12BrFN2/c1-13(16,9-3-2-4-10(14)7-9)11-5-6-17-8-12(11)15/h2-8H,16H2,1H3. The van der Waals surface area contributed by atoms with Gasteiger partial charge in [-0.05, 0) is 30.7 Å². The van der Waals surface area contributed by atoms with E-state index in [0.29, 0.717) is 5.56 Å². The van der Waals surface area contributed by atoms with Crippen LogP contribution in [-0.2, 0) is 5.54 Å². The summed E-state index contributed by atoms with van der Waals surface area (Å²) in [5.41, 5.74) is 6.64. The summed E-state index contributed by atoms with van der Waals surface area (Å²) in [5.74, 6) is -0.391. The summed E-state index contributed by atoms with van der Waals surface area (Å²) in [6.45, 7) is 1.78. The second-order valence-electron chi connectivity index (χ2n) is 4.07. The molecule has 0 aliphatic heterocycles. The molecule has 2 N–H and O–H groups in total. The van der Waals surface area contributed by atoms with Crippen molar-refractivity contribution in [2.24, 2.45) is 5.73 Å². The molecule has 0 amide bonds. The van der Waals surface area contributed by atoms with Gasteiger partial charge in [0.15, 0.2) is 0 Å². The summed E-state index contributed by atoms with van der Waals surface area (Å²) in [6.07, 6.45) is 2.72. The summed E-state index contributed by atoms with van der Waals surface area (Å²) >= 11 is 3.38. The first-order valence-electron chi connectivity index (χ1n) is 5.17. The minimum atomic E-state index is -0.878. The Labute approximate surface area is 108 Å². The molecule has 1 aromatic heterocycles. The lowest BCUT2D eigenvalue weighted by atomic mass is 9.86. The maximum absolute atomic E-state index is 13.7. The average molecular weight is 295 g/mol. The summed E-state index contributed by atoms with van der Waals surface area (Å²) in [6, 6.07) is 9.16. The van der Waals surface area contributed by atoms with Crippen LogP contribution in [0.5, 0.6) is 0 Å². The Morgan fingerprint density at radius 1 is 1.35 bits per heavy atom. The normalized spacial score (nSPS) is 14.4. The zero-order valence-electron chi connectivity index (χ0n) is 9.32. The maximum atomic E-state index is 13.7. The van der Waals surface area contributed by atoms with Gasteiger partial charge in [0.1, 0.15) is 5.82 Å². The number of nitrogens with two attached hydrogens (primary N) is 1. The van der Waals surface area contributed by atoms with Crippen molar-refractivity contribution in [2.45, 2.75) is 12.5 Å². The van der Waals surface area contributed by atoms with Crippen molar-refractivity contribution in [1.82, 2.24) is 4.98 Å². The van der Waals surface area contributed by atoms with Crippen LogP contribution in [0.2, 0.25) is 0 Å². The van der Waals surface area contributed by atoms with Gasteiger partial charge in [-0.2, -0.15) is 0 Å². The molecule has 2 aromatic rings. The molecule has 2 nitrogen and oxygen atoms in total. The van der Waals surface area contributed by atoms with Gasteiger partial charge < -0.3 is 5.73 Å². The lowest BCUT2D eigenvalue weighted by molar-refractivity contribution is 0.526. The third-order valence-corrected chi connectivity index (χ3v) is 3.25. The van der Waals surface area contributed by atoms with Crippen molar-refractivity contribution < 1.29 is 4.39 Å². The van der Waals surface area contributed by atoms with Crippen LogP contribution in [0.1, 0.15) is 18.1 Å². The molecule has 0 saturated heterocycles. The van der Waals surface area contributed by atoms with Crippen molar-refractivity contribution in [3.05, 3.63) is 64.1 Å². The first-order chi connectivity index (χ1) is 8.01. The number of pyridine rings is 1. The van der Waals surface area contributed by atoms with Crippen LogP contribution in [0.25, 0.3) is 0 Å². The third-order valence-electron chi connectivity index (χ3n) is 2.76. The average Bonchev–Trinajstić information content (AvgIpc) is 2.29. The molecule has 0 saturated carbocycles. The maximum Gasteiger partial charge on any atom is 0.146 e. The topological polar surface area (TPSA) is 38.9 Å². The molecule has 0 aliphatic rings. The van der Waals surface area contributed by atoms with Gasteiger partial charge in [0.25, 0.3) is 0 Å². The number of benzene rings is 1. The van der Waals surface area contributed by atoms with E-state index in [1.807, 2.05) is 24.3 Å². The number of hydrogen-bond donors (Lipinski definition) is 1. The van der Waals surface area contributed by atoms with E-state index in [0.717, 1.165) is 10.0 Å². The van der Waals surface area contributed by atoms with Gasteiger partial charge in [-0.1, -0.05) is 28.1 Å². The fourth-order valence-corrected chi connectivity index (χ4v) is 2.16. The number of rotatable bonds is 2. The highest BCUT2D eigenvalue weighted by Crippen LogP contribution is 2.29. The Hall–Kier alpha value is -1.26. The smallest absolute Gasteiger partial charge is 0.146 e. The van der Waals surface area contributed by atoms with E-state index < -0.39 is 11.4 Å². The molecule has 0 aliphatic carbocycles. The molecule has 17 heavy (non-hydrogen) atoms. The van der Waals surface area contributed by atoms with Crippen molar-refractivity contribution in [1.29, 1.82) is 0 Å². The Morgan fingerprint density at radius 3 is 2.76 bits per heavy atom. The van der Waals surface area contributed by atoms with Crippen LogP contribution in [-0.4, -0.2) is 4.98 Å². The van der Waals surface area contributed by atoms with Crippen molar-refractivity contribution in [2.75, 3.05) is 0 Å². The summed E-state index contributed by atoms with van der Waals surface area (Å²) in [4.78, 5) is 3.73. The molecule has 1 heterocycles. The van der Waals surface area contributed by atoms with E-state index in [2.05, 4.69) is 20.9 Å². The molecule has 1 atom stereocenters. The predicted octanol–water partition coefficient (Wildman–Crippen LogP) is 3.21. The Balaban J connectivity index is 2.53. The monoisotopic (exact) mass is 294 g/mol. The minimum absolute atomic E-state index is 0.391. The fourth-order valence-electron chi connectivity index (χ4n) is 1.76. The summed E-state index contributed by atoms with van der Waals surface area (Å²) < 4.78 is 14.6. The molecule has 0 fully saturated rings. The SMILES string of the molecule is CC(N)(c1cccc(Br)c1)c1ccncc1F. The number of aromatic nitrogens is 1. The van der Waals surface area contributed by atoms with Gasteiger partial charge in [0.05, 0.1) is 11.7 Å². The van der Waals surface area contributed by atoms with Gasteiger partial charge >= 0.3 is 0 Å². The van der Waals surface area contributed by atoms with E-state index in [1.165, 1.54) is 6.20 Å². The van der Waals surface area contributed by atoms with Crippen LogP contribution in [0.4, 0.5) is 4.39 Å². The molecule has 2 rings (SSSR count). The van der Waals surface area contributed by atoms with Gasteiger partial charge in [-0.25, -0.2) is 4.39 Å².